The van der Waals surface area contributed by atoms with E-state index in [9.17, 15) is 22.8 Å². The molecule has 0 aliphatic heterocycles. The molecule has 38 heavy (non-hydrogen) atoms. The first-order valence-corrected chi connectivity index (χ1v) is 12.8. The first kappa shape index (κ1) is 25.5. The van der Waals surface area contributed by atoms with Crippen LogP contribution in [0.1, 0.15) is 55.3 Å². The maximum absolute atomic E-state index is 13.0. The number of hydrogen-bond donors (Lipinski definition) is 2. The number of halogens is 3. The van der Waals surface area contributed by atoms with Gasteiger partial charge in [0.15, 0.2) is 0 Å². The zero-order chi connectivity index (χ0) is 26.7. The number of hydrogen-bond acceptors (Lipinski definition) is 5. The highest BCUT2D eigenvalue weighted by Crippen LogP contribution is 2.33. The smallest absolute Gasteiger partial charge is 0.416 e. The number of hydrazone groups is 1. The number of carbonyl (C=O) groups is 2. The van der Waals surface area contributed by atoms with Crippen LogP contribution in [-0.2, 0) is 19.0 Å². The van der Waals surface area contributed by atoms with Crippen molar-refractivity contribution in [3.8, 4) is 11.3 Å². The molecule has 2 N–H and O–H groups in total. The normalized spacial score (nSPS) is 13.3. The predicted molar refractivity (Wildman–Crippen MR) is 140 cm³/mol. The van der Waals surface area contributed by atoms with Gasteiger partial charge < -0.3 is 9.73 Å². The molecule has 10 heteroatoms. The highest BCUT2D eigenvalue weighted by atomic mass is 32.1. The van der Waals surface area contributed by atoms with Crippen LogP contribution in [0, 0.1) is 0 Å². The van der Waals surface area contributed by atoms with Gasteiger partial charge >= 0.3 is 6.18 Å². The molecule has 6 nitrogen and oxygen atoms in total. The van der Waals surface area contributed by atoms with Gasteiger partial charge in [0, 0.05) is 27.1 Å². The Hall–Kier alpha value is -4.18. The summed E-state index contributed by atoms with van der Waals surface area (Å²) in [5.74, 6) is -0.138. The molecule has 0 bridgehead atoms. The van der Waals surface area contributed by atoms with E-state index in [0.29, 0.717) is 11.3 Å². The van der Waals surface area contributed by atoms with E-state index in [4.69, 9.17) is 4.42 Å². The number of nitrogens with one attached hydrogen (secondary N) is 2. The lowest BCUT2D eigenvalue weighted by Crippen LogP contribution is -2.18. The van der Waals surface area contributed by atoms with Gasteiger partial charge in [-0.3, -0.25) is 9.59 Å². The van der Waals surface area contributed by atoms with E-state index >= 15 is 0 Å². The van der Waals surface area contributed by atoms with Gasteiger partial charge in [0.25, 0.3) is 11.8 Å². The number of anilines is 1. The summed E-state index contributed by atoms with van der Waals surface area (Å²) in [5.41, 5.74) is 4.64. The molecule has 2 amide bonds. The number of thiophene rings is 1. The van der Waals surface area contributed by atoms with Crippen molar-refractivity contribution < 1.29 is 27.2 Å². The summed E-state index contributed by atoms with van der Waals surface area (Å²) in [7, 11) is 0. The van der Waals surface area contributed by atoms with Gasteiger partial charge in [-0.2, -0.15) is 18.3 Å². The largest absolute Gasteiger partial charge is 0.455 e. The molecule has 2 aromatic heterocycles. The molecule has 0 saturated carbocycles. The third-order valence-electron chi connectivity index (χ3n) is 6.17. The van der Waals surface area contributed by atoms with Gasteiger partial charge in [0.1, 0.15) is 11.5 Å². The molecular formula is C28H22F3N3O3S. The molecule has 4 aromatic rings. The van der Waals surface area contributed by atoms with E-state index in [2.05, 4.69) is 15.8 Å². The van der Waals surface area contributed by atoms with Gasteiger partial charge in [-0.15, -0.1) is 11.3 Å². The van der Waals surface area contributed by atoms with Crippen LogP contribution in [0.5, 0.6) is 0 Å². The lowest BCUT2D eigenvalue weighted by Gasteiger charge is -2.12. The Bertz CT molecular complexity index is 1500. The van der Waals surface area contributed by atoms with E-state index in [1.165, 1.54) is 35.4 Å². The van der Waals surface area contributed by atoms with Crippen molar-refractivity contribution in [3.63, 3.8) is 0 Å². The van der Waals surface area contributed by atoms with E-state index in [1.807, 2.05) is 5.38 Å². The van der Waals surface area contributed by atoms with E-state index in [-0.39, 0.29) is 23.0 Å². The number of rotatable bonds is 6. The number of nitrogens with zero attached hydrogens (tertiary/aromatic N) is 1. The van der Waals surface area contributed by atoms with Gasteiger partial charge in [-0.1, -0.05) is 12.1 Å². The quantitative estimate of drug-likeness (QED) is 0.207. The standard InChI is InChI=1S/C28H22F3N3O3S/c29-28(30,31)19-5-3-4-18(14-19)24-13-12-21(37-24)15-32-34-26(35)17-8-10-20(11-9-17)33-27(36)23-16-38-25-7-2-1-6-22(23)25/h3-5,8-16H,1-2,6-7H2,(H,33,36)(H,34,35)/b32-15+. The molecule has 0 unspecified atom stereocenters. The SMILES string of the molecule is O=C(N/N=C/c1ccc(-c2cccc(C(F)(F)F)c2)o1)c1ccc(NC(=O)c2csc3c2CCCC3)cc1. The number of carbonyl (C=O) groups excluding carboxylic acids is 2. The second-order valence-electron chi connectivity index (χ2n) is 8.77. The third kappa shape index (κ3) is 5.70. The fraction of sp³-hybridized carbons (Fsp3) is 0.179. The van der Waals surface area contributed by atoms with Crippen LogP contribution >= 0.6 is 11.3 Å². The monoisotopic (exact) mass is 537 g/mol. The van der Waals surface area contributed by atoms with Crippen molar-refractivity contribution in [2.45, 2.75) is 31.9 Å². The summed E-state index contributed by atoms with van der Waals surface area (Å²) in [6, 6.07) is 14.3. The highest BCUT2D eigenvalue weighted by Gasteiger charge is 2.30. The average molecular weight is 538 g/mol. The fourth-order valence-electron chi connectivity index (χ4n) is 4.23. The number of amides is 2. The van der Waals surface area contributed by atoms with Crippen LogP contribution in [-0.4, -0.2) is 18.0 Å². The Labute approximate surface area is 220 Å². The minimum absolute atomic E-state index is 0.158. The third-order valence-corrected chi connectivity index (χ3v) is 7.26. The van der Waals surface area contributed by atoms with Crippen molar-refractivity contribution in [2.24, 2.45) is 5.10 Å². The summed E-state index contributed by atoms with van der Waals surface area (Å²) in [6.07, 6.45) is 0.996. The molecule has 0 saturated heterocycles. The number of aryl methyl sites for hydroxylation is 1. The van der Waals surface area contributed by atoms with E-state index in [1.54, 1.807) is 35.6 Å². The molecule has 0 spiro atoms. The van der Waals surface area contributed by atoms with Gasteiger partial charge in [-0.25, -0.2) is 5.43 Å². The van der Waals surface area contributed by atoms with Crippen LogP contribution < -0.4 is 10.7 Å². The second kappa shape index (κ2) is 10.7. The molecule has 5 rings (SSSR count). The van der Waals surface area contributed by atoms with Crippen molar-refractivity contribution in [1.29, 1.82) is 0 Å². The van der Waals surface area contributed by atoms with Crippen LogP contribution in [0.25, 0.3) is 11.3 Å². The molecular weight excluding hydrogens is 515 g/mol. The predicted octanol–water partition coefficient (Wildman–Crippen LogP) is 6.92. The maximum Gasteiger partial charge on any atom is 0.416 e. The Morgan fingerprint density at radius 1 is 0.974 bits per heavy atom. The van der Waals surface area contributed by atoms with Crippen LogP contribution in [0.2, 0.25) is 0 Å². The number of furan rings is 1. The highest BCUT2D eigenvalue weighted by molar-refractivity contribution is 7.10. The minimum Gasteiger partial charge on any atom is -0.455 e. The molecule has 1 aliphatic carbocycles. The lowest BCUT2D eigenvalue weighted by atomic mass is 9.95. The van der Waals surface area contributed by atoms with Crippen LogP contribution in [0.4, 0.5) is 18.9 Å². The van der Waals surface area contributed by atoms with Crippen molar-refractivity contribution >= 4 is 35.1 Å². The zero-order valence-electron chi connectivity index (χ0n) is 20.0. The molecule has 2 heterocycles. The molecule has 0 fully saturated rings. The van der Waals surface area contributed by atoms with Crippen molar-refractivity contribution in [3.05, 3.63) is 98.9 Å². The Morgan fingerprint density at radius 2 is 1.76 bits per heavy atom. The summed E-state index contributed by atoms with van der Waals surface area (Å²) in [4.78, 5) is 26.4. The van der Waals surface area contributed by atoms with Crippen molar-refractivity contribution in [1.82, 2.24) is 5.43 Å². The van der Waals surface area contributed by atoms with Crippen LogP contribution in [0.15, 0.2) is 75.6 Å². The topological polar surface area (TPSA) is 83.7 Å². The zero-order valence-corrected chi connectivity index (χ0v) is 20.8. The van der Waals surface area contributed by atoms with Gasteiger partial charge in [-0.05, 0) is 79.8 Å². The Balaban J connectivity index is 1.17. The Morgan fingerprint density at radius 3 is 2.55 bits per heavy atom. The van der Waals surface area contributed by atoms with Crippen LogP contribution in [0.3, 0.4) is 0 Å². The number of benzene rings is 2. The number of fused-ring (bicyclic) bond motifs is 1. The molecule has 194 valence electrons. The first-order chi connectivity index (χ1) is 18.3. The first-order valence-electron chi connectivity index (χ1n) is 11.9. The average Bonchev–Trinajstić information content (AvgIpc) is 3.56. The van der Waals surface area contributed by atoms with E-state index in [0.717, 1.165) is 48.9 Å². The van der Waals surface area contributed by atoms with Gasteiger partial charge in [0.05, 0.1) is 17.3 Å². The molecule has 2 aromatic carbocycles. The molecule has 0 atom stereocenters. The summed E-state index contributed by atoms with van der Waals surface area (Å²) < 4.78 is 44.4. The fourth-order valence-corrected chi connectivity index (χ4v) is 5.36. The maximum atomic E-state index is 13.0. The van der Waals surface area contributed by atoms with Crippen molar-refractivity contribution in [2.75, 3.05) is 5.32 Å². The van der Waals surface area contributed by atoms with Gasteiger partial charge in [0.2, 0.25) is 0 Å². The minimum atomic E-state index is -4.45. The summed E-state index contributed by atoms with van der Waals surface area (Å²) in [6.45, 7) is 0. The lowest BCUT2D eigenvalue weighted by molar-refractivity contribution is -0.137. The summed E-state index contributed by atoms with van der Waals surface area (Å²) >= 11 is 1.63. The van der Waals surface area contributed by atoms with E-state index < -0.39 is 17.6 Å². The molecule has 0 radical (unpaired) electrons. The number of alkyl halides is 3. The molecule has 1 aliphatic rings. The second-order valence-corrected chi connectivity index (χ2v) is 9.73. The summed E-state index contributed by atoms with van der Waals surface area (Å²) in [5, 5.41) is 8.65. The Kier molecular flexibility index (Phi) is 7.15.